The van der Waals surface area contributed by atoms with E-state index >= 15 is 0 Å². The lowest BCUT2D eigenvalue weighted by Crippen LogP contribution is -2.35. The van der Waals surface area contributed by atoms with Crippen molar-refractivity contribution in [2.75, 3.05) is 32.6 Å². The molecule has 1 aliphatic heterocycles. The highest BCUT2D eigenvalue weighted by molar-refractivity contribution is 7.89. The van der Waals surface area contributed by atoms with Gasteiger partial charge in [0.2, 0.25) is 10.0 Å². The Balaban J connectivity index is 1.89. The molecule has 1 aliphatic rings. The Labute approximate surface area is 171 Å². The zero-order valence-electron chi connectivity index (χ0n) is 16.9. The zero-order chi connectivity index (χ0) is 21.0. The quantitative estimate of drug-likeness (QED) is 0.777. The summed E-state index contributed by atoms with van der Waals surface area (Å²) < 4.78 is 38.2. The number of benzene rings is 2. The number of sulfonamides is 1. The Bertz CT molecular complexity index is 998. The molecule has 0 saturated carbocycles. The average Bonchev–Trinajstić information content (AvgIpc) is 2.74. The van der Waals surface area contributed by atoms with Gasteiger partial charge in [0.05, 0.1) is 14.2 Å². The van der Waals surface area contributed by atoms with Crippen molar-refractivity contribution in [3.05, 3.63) is 47.5 Å². The molecule has 3 rings (SSSR count). The first-order valence-corrected chi connectivity index (χ1v) is 10.9. The summed E-state index contributed by atoms with van der Waals surface area (Å²) in [6.07, 6.45) is 2.71. The molecule has 0 spiro atoms. The number of anilines is 1. The van der Waals surface area contributed by atoms with Crippen molar-refractivity contribution in [1.29, 1.82) is 0 Å². The molecule has 0 aliphatic carbocycles. The van der Waals surface area contributed by atoms with Crippen LogP contribution in [0, 0.1) is 6.92 Å². The second-order valence-electron chi connectivity index (χ2n) is 6.97. The van der Waals surface area contributed by atoms with Crippen molar-refractivity contribution in [3.63, 3.8) is 0 Å². The molecule has 0 bridgehead atoms. The summed E-state index contributed by atoms with van der Waals surface area (Å²) in [4.78, 5) is 12.7. The zero-order valence-corrected chi connectivity index (χ0v) is 17.7. The van der Waals surface area contributed by atoms with Crippen molar-refractivity contribution >= 4 is 21.6 Å². The smallest absolute Gasteiger partial charge is 0.255 e. The maximum atomic E-state index is 13.1. The molecule has 8 heteroatoms. The number of methoxy groups -OCH3 is 2. The molecule has 0 unspecified atom stereocenters. The fraction of sp³-hybridized carbons (Fsp3) is 0.381. The summed E-state index contributed by atoms with van der Waals surface area (Å²) >= 11 is 0. The van der Waals surface area contributed by atoms with Gasteiger partial charge in [0.15, 0.2) is 0 Å². The lowest BCUT2D eigenvalue weighted by molar-refractivity contribution is 0.102. The third kappa shape index (κ3) is 4.54. The minimum Gasteiger partial charge on any atom is -0.496 e. The highest BCUT2D eigenvalue weighted by Gasteiger charge is 2.29. The first kappa shape index (κ1) is 21.1. The van der Waals surface area contributed by atoms with Crippen molar-refractivity contribution in [3.8, 4) is 11.5 Å². The summed E-state index contributed by atoms with van der Waals surface area (Å²) in [5.74, 6) is 0.515. The first-order chi connectivity index (χ1) is 13.9. The largest absolute Gasteiger partial charge is 0.496 e. The maximum absolute atomic E-state index is 13.1. The standard InChI is InChI=1S/C21H26N2O5S/c1-15-7-8-16(13-19(15)28-3)21(24)22-17-9-10-18(27-2)20(14-17)29(25,26)23-11-5-4-6-12-23/h7-10,13-14H,4-6,11-12H2,1-3H3,(H,22,24). The van der Waals surface area contributed by atoms with Crippen molar-refractivity contribution < 1.29 is 22.7 Å². The number of hydrogen-bond acceptors (Lipinski definition) is 5. The van der Waals surface area contributed by atoms with Crippen LogP contribution < -0.4 is 14.8 Å². The minimum absolute atomic E-state index is 0.0567. The van der Waals surface area contributed by atoms with Gasteiger partial charge in [-0.05, 0) is 55.7 Å². The van der Waals surface area contributed by atoms with E-state index in [9.17, 15) is 13.2 Å². The molecule has 1 saturated heterocycles. The Morgan fingerprint density at radius 1 is 0.966 bits per heavy atom. The van der Waals surface area contributed by atoms with E-state index in [1.807, 2.05) is 6.92 Å². The van der Waals surface area contributed by atoms with Gasteiger partial charge in [0.1, 0.15) is 16.4 Å². The average molecular weight is 419 g/mol. The van der Waals surface area contributed by atoms with Crippen molar-refractivity contribution in [2.45, 2.75) is 31.1 Å². The molecule has 0 aromatic heterocycles. The van der Waals surface area contributed by atoms with Gasteiger partial charge < -0.3 is 14.8 Å². The maximum Gasteiger partial charge on any atom is 0.255 e. The van der Waals surface area contributed by atoms with Crippen molar-refractivity contribution in [1.82, 2.24) is 4.31 Å². The van der Waals surface area contributed by atoms with Crippen LogP contribution in [0.2, 0.25) is 0 Å². The molecule has 2 aromatic rings. The number of hydrogen-bond donors (Lipinski definition) is 1. The monoisotopic (exact) mass is 418 g/mol. The summed E-state index contributed by atoms with van der Waals surface area (Å²) in [6, 6.07) is 9.78. The second-order valence-corrected chi connectivity index (χ2v) is 8.88. The van der Waals surface area contributed by atoms with Crippen LogP contribution in [0.5, 0.6) is 11.5 Å². The predicted molar refractivity (Wildman–Crippen MR) is 111 cm³/mol. The van der Waals surface area contributed by atoms with Gasteiger partial charge in [0.25, 0.3) is 5.91 Å². The molecule has 1 N–H and O–H groups in total. The number of carbonyl (C=O) groups excluding carboxylic acids is 1. The Kier molecular flexibility index (Phi) is 6.44. The summed E-state index contributed by atoms with van der Waals surface area (Å²) in [5.41, 5.74) is 1.72. The molecule has 0 radical (unpaired) electrons. The van der Waals surface area contributed by atoms with E-state index in [0.717, 1.165) is 24.8 Å². The predicted octanol–water partition coefficient (Wildman–Crippen LogP) is 3.44. The molecule has 1 amide bonds. The van der Waals surface area contributed by atoms with Crippen LogP contribution in [0.4, 0.5) is 5.69 Å². The topological polar surface area (TPSA) is 84.9 Å². The number of nitrogens with zero attached hydrogens (tertiary/aromatic N) is 1. The van der Waals surface area contributed by atoms with E-state index in [1.165, 1.54) is 17.5 Å². The van der Waals surface area contributed by atoms with E-state index in [2.05, 4.69) is 5.32 Å². The van der Waals surface area contributed by atoms with Crippen LogP contribution >= 0.6 is 0 Å². The van der Waals surface area contributed by atoms with Crippen LogP contribution in [0.1, 0.15) is 35.2 Å². The van der Waals surface area contributed by atoms with Gasteiger partial charge in [-0.2, -0.15) is 4.31 Å². The highest BCUT2D eigenvalue weighted by atomic mass is 32.2. The first-order valence-electron chi connectivity index (χ1n) is 9.51. The molecule has 1 heterocycles. The Hall–Kier alpha value is -2.58. The summed E-state index contributed by atoms with van der Waals surface area (Å²) in [6.45, 7) is 2.87. The number of rotatable bonds is 6. The summed E-state index contributed by atoms with van der Waals surface area (Å²) in [5, 5.41) is 2.76. The van der Waals surface area contributed by atoms with Gasteiger partial charge in [-0.1, -0.05) is 12.5 Å². The third-order valence-corrected chi connectivity index (χ3v) is 6.94. The number of piperidine rings is 1. The van der Waals surface area contributed by atoms with Gasteiger partial charge in [-0.15, -0.1) is 0 Å². The van der Waals surface area contributed by atoms with E-state index in [4.69, 9.17) is 9.47 Å². The number of ether oxygens (including phenoxy) is 2. The fourth-order valence-corrected chi connectivity index (χ4v) is 5.06. The van der Waals surface area contributed by atoms with Crippen LogP contribution in [0.15, 0.2) is 41.3 Å². The van der Waals surface area contributed by atoms with Crippen LogP contribution in [0.25, 0.3) is 0 Å². The molecule has 7 nitrogen and oxygen atoms in total. The molecule has 2 aromatic carbocycles. The number of carbonyl (C=O) groups is 1. The van der Waals surface area contributed by atoms with Crippen LogP contribution in [-0.2, 0) is 10.0 Å². The van der Waals surface area contributed by atoms with Crippen molar-refractivity contribution in [2.24, 2.45) is 0 Å². The number of nitrogens with one attached hydrogen (secondary N) is 1. The van der Waals surface area contributed by atoms with E-state index < -0.39 is 10.0 Å². The Morgan fingerprint density at radius 3 is 2.31 bits per heavy atom. The Morgan fingerprint density at radius 2 is 1.66 bits per heavy atom. The second kappa shape index (κ2) is 8.84. The van der Waals surface area contributed by atoms with E-state index in [-0.39, 0.29) is 16.6 Å². The third-order valence-electron chi connectivity index (χ3n) is 5.02. The molecule has 1 fully saturated rings. The molecule has 29 heavy (non-hydrogen) atoms. The fourth-order valence-electron chi connectivity index (χ4n) is 3.36. The van der Waals surface area contributed by atoms with Gasteiger partial charge in [0, 0.05) is 24.3 Å². The normalized spacial score (nSPS) is 15.0. The van der Waals surface area contributed by atoms with Crippen LogP contribution in [-0.4, -0.2) is 45.9 Å². The summed E-state index contributed by atoms with van der Waals surface area (Å²) in [7, 11) is -0.728. The highest BCUT2D eigenvalue weighted by Crippen LogP contribution is 2.31. The minimum atomic E-state index is -3.71. The number of amides is 1. The molecule has 0 atom stereocenters. The van der Waals surface area contributed by atoms with Crippen LogP contribution in [0.3, 0.4) is 0 Å². The molecular formula is C21H26N2O5S. The van der Waals surface area contributed by atoms with Gasteiger partial charge in [-0.25, -0.2) is 8.42 Å². The van der Waals surface area contributed by atoms with Gasteiger partial charge >= 0.3 is 0 Å². The van der Waals surface area contributed by atoms with E-state index in [1.54, 1.807) is 37.4 Å². The van der Waals surface area contributed by atoms with Gasteiger partial charge in [-0.3, -0.25) is 4.79 Å². The lowest BCUT2D eigenvalue weighted by Gasteiger charge is -2.26. The van der Waals surface area contributed by atoms with E-state index in [0.29, 0.717) is 30.1 Å². The molecular weight excluding hydrogens is 392 g/mol. The lowest BCUT2D eigenvalue weighted by atomic mass is 10.1. The number of aryl methyl sites for hydroxylation is 1. The molecule has 156 valence electrons. The SMILES string of the molecule is COc1cc(C(=O)Nc2ccc(OC)c(S(=O)(=O)N3CCCCC3)c2)ccc1C.